The third kappa shape index (κ3) is 3.85. The van der Waals surface area contributed by atoms with Crippen molar-refractivity contribution in [3.63, 3.8) is 0 Å². The smallest absolute Gasteiger partial charge is 0.0897 e. The van der Waals surface area contributed by atoms with Crippen LogP contribution in [0.3, 0.4) is 0 Å². The zero-order valence-corrected chi connectivity index (χ0v) is 9.23. The quantitative estimate of drug-likeness (QED) is 0.720. The van der Waals surface area contributed by atoms with Crippen LogP contribution in [0.4, 0.5) is 0 Å². The second-order valence-electron chi connectivity index (χ2n) is 3.08. The van der Waals surface area contributed by atoms with E-state index in [0.29, 0.717) is 0 Å². The Kier molecular flexibility index (Phi) is 4.35. The Balaban J connectivity index is 2.31. The summed E-state index contributed by atoms with van der Waals surface area (Å²) in [5.74, 6) is 0. The summed E-state index contributed by atoms with van der Waals surface area (Å²) < 4.78 is 5.00. The summed E-state index contributed by atoms with van der Waals surface area (Å²) in [6, 6.07) is 0. The number of ether oxygens (including phenoxy) is 1. The Hall–Kier alpha value is -0.450. The van der Waals surface area contributed by atoms with Crippen molar-refractivity contribution in [3.8, 4) is 0 Å². The highest BCUT2D eigenvalue weighted by Gasteiger charge is 2.02. The molecule has 4 heteroatoms. The summed E-state index contributed by atoms with van der Waals surface area (Å²) in [4.78, 5) is 7.76. The summed E-state index contributed by atoms with van der Waals surface area (Å²) in [5, 5.41) is 1.13. The number of methoxy groups -OCH3 is 1. The molecule has 0 aliphatic carbocycles. The highest BCUT2D eigenvalue weighted by Crippen LogP contribution is 2.12. The van der Waals surface area contributed by atoms with Crippen molar-refractivity contribution in [1.29, 1.82) is 0 Å². The monoisotopic (exact) mass is 200 g/mol. The molecule has 0 aliphatic rings. The molecule has 1 rings (SSSR count). The van der Waals surface area contributed by atoms with Gasteiger partial charge in [0.05, 0.1) is 11.6 Å². The first-order valence-corrected chi connectivity index (χ1v) is 5.13. The van der Waals surface area contributed by atoms with Crippen molar-refractivity contribution >= 4 is 11.3 Å². The van der Waals surface area contributed by atoms with Crippen LogP contribution in [-0.2, 0) is 11.3 Å². The number of hydrogen-bond donors (Lipinski definition) is 0. The molecule has 0 saturated carbocycles. The number of hydrogen-bond acceptors (Lipinski definition) is 4. The van der Waals surface area contributed by atoms with Gasteiger partial charge in [0.1, 0.15) is 0 Å². The average molecular weight is 200 g/mol. The van der Waals surface area contributed by atoms with Crippen molar-refractivity contribution in [1.82, 2.24) is 9.88 Å². The summed E-state index contributed by atoms with van der Waals surface area (Å²) >= 11 is 1.76. The first kappa shape index (κ1) is 10.6. The van der Waals surface area contributed by atoms with Crippen LogP contribution in [0.25, 0.3) is 0 Å². The molecule has 0 N–H and O–H groups in total. The largest absolute Gasteiger partial charge is 0.383 e. The van der Waals surface area contributed by atoms with E-state index in [4.69, 9.17) is 4.74 Å². The molecular formula is C9H16N2OS. The number of thiazole rings is 1. The molecule has 0 aliphatic heterocycles. The van der Waals surface area contributed by atoms with E-state index in [9.17, 15) is 0 Å². The van der Waals surface area contributed by atoms with Gasteiger partial charge in [0, 0.05) is 31.3 Å². The average Bonchev–Trinajstić information content (AvgIpc) is 2.48. The lowest BCUT2D eigenvalue weighted by atomic mass is 10.5. The number of likely N-dealkylation sites (N-methyl/N-ethyl adjacent to an activating group) is 1. The molecule has 1 aromatic heterocycles. The predicted molar refractivity (Wildman–Crippen MR) is 55.1 cm³/mol. The van der Waals surface area contributed by atoms with E-state index in [0.717, 1.165) is 24.7 Å². The standard InChI is InChI=1S/C9H16N2OS/c1-8-10-6-9(13-8)7-11(2)4-5-12-3/h6H,4-5,7H2,1-3H3. The Bertz CT molecular complexity index is 250. The molecule has 74 valence electrons. The molecule has 0 fully saturated rings. The van der Waals surface area contributed by atoms with E-state index in [1.165, 1.54) is 4.88 Å². The van der Waals surface area contributed by atoms with E-state index in [2.05, 4.69) is 16.9 Å². The fourth-order valence-corrected chi connectivity index (χ4v) is 1.95. The van der Waals surface area contributed by atoms with Gasteiger partial charge in [-0.25, -0.2) is 4.98 Å². The molecule has 0 aromatic carbocycles. The Morgan fingerprint density at radius 2 is 2.38 bits per heavy atom. The molecule has 3 nitrogen and oxygen atoms in total. The molecule has 0 spiro atoms. The third-order valence-electron chi connectivity index (χ3n) is 1.77. The maximum atomic E-state index is 5.00. The maximum Gasteiger partial charge on any atom is 0.0897 e. The molecule has 0 saturated heterocycles. The minimum atomic E-state index is 0.786. The maximum absolute atomic E-state index is 5.00. The molecule has 13 heavy (non-hydrogen) atoms. The van der Waals surface area contributed by atoms with E-state index < -0.39 is 0 Å². The summed E-state index contributed by atoms with van der Waals surface area (Å²) in [6.07, 6.45) is 1.95. The molecule has 1 aromatic rings. The van der Waals surface area contributed by atoms with E-state index in [1.807, 2.05) is 13.1 Å². The molecule has 0 unspecified atom stereocenters. The van der Waals surface area contributed by atoms with Crippen LogP contribution in [0.1, 0.15) is 9.88 Å². The Morgan fingerprint density at radius 3 is 2.92 bits per heavy atom. The molecule has 0 amide bonds. The lowest BCUT2D eigenvalue weighted by Gasteiger charge is -2.13. The van der Waals surface area contributed by atoms with Gasteiger partial charge in [-0.2, -0.15) is 0 Å². The van der Waals surface area contributed by atoms with Crippen molar-refractivity contribution < 1.29 is 4.74 Å². The second-order valence-corrected chi connectivity index (χ2v) is 4.40. The van der Waals surface area contributed by atoms with Crippen molar-refractivity contribution in [3.05, 3.63) is 16.1 Å². The Labute approximate surface area is 83.4 Å². The van der Waals surface area contributed by atoms with Gasteiger partial charge in [-0.1, -0.05) is 0 Å². The van der Waals surface area contributed by atoms with Crippen LogP contribution < -0.4 is 0 Å². The van der Waals surface area contributed by atoms with Crippen molar-refractivity contribution in [2.45, 2.75) is 13.5 Å². The highest BCUT2D eigenvalue weighted by atomic mass is 32.1. The van der Waals surface area contributed by atoms with E-state index in [-0.39, 0.29) is 0 Å². The third-order valence-corrected chi connectivity index (χ3v) is 2.67. The Morgan fingerprint density at radius 1 is 1.62 bits per heavy atom. The van der Waals surface area contributed by atoms with Crippen LogP contribution in [-0.4, -0.2) is 37.2 Å². The zero-order valence-electron chi connectivity index (χ0n) is 8.41. The summed E-state index contributed by atoms with van der Waals surface area (Å²) in [5.41, 5.74) is 0. The van der Waals surface area contributed by atoms with Crippen LogP contribution >= 0.6 is 11.3 Å². The van der Waals surface area contributed by atoms with E-state index in [1.54, 1.807) is 18.4 Å². The number of aryl methyl sites for hydroxylation is 1. The van der Waals surface area contributed by atoms with Crippen LogP contribution in [0.5, 0.6) is 0 Å². The van der Waals surface area contributed by atoms with Gasteiger partial charge < -0.3 is 4.74 Å². The number of rotatable bonds is 5. The fraction of sp³-hybridized carbons (Fsp3) is 0.667. The molecule has 0 radical (unpaired) electrons. The lowest BCUT2D eigenvalue weighted by molar-refractivity contribution is 0.159. The first-order valence-electron chi connectivity index (χ1n) is 4.31. The van der Waals surface area contributed by atoms with Crippen molar-refractivity contribution in [2.75, 3.05) is 27.3 Å². The first-order chi connectivity index (χ1) is 6.22. The predicted octanol–water partition coefficient (Wildman–Crippen LogP) is 1.53. The van der Waals surface area contributed by atoms with Gasteiger partial charge in [0.2, 0.25) is 0 Å². The highest BCUT2D eigenvalue weighted by molar-refractivity contribution is 7.11. The molecular weight excluding hydrogens is 184 g/mol. The van der Waals surface area contributed by atoms with Crippen LogP contribution in [0, 0.1) is 6.92 Å². The number of aromatic nitrogens is 1. The van der Waals surface area contributed by atoms with Gasteiger partial charge in [0.15, 0.2) is 0 Å². The van der Waals surface area contributed by atoms with Crippen LogP contribution in [0.15, 0.2) is 6.20 Å². The fourth-order valence-electron chi connectivity index (χ4n) is 1.07. The van der Waals surface area contributed by atoms with Gasteiger partial charge >= 0.3 is 0 Å². The zero-order chi connectivity index (χ0) is 9.68. The molecule has 0 bridgehead atoms. The minimum absolute atomic E-state index is 0.786. The van der Waals surface area contributed by atoms with Crippen LogP contribution in [0.2, 0.25) is 0 Å². The van der Waals surface area contributed by atoms with Crippen molar-refractivity contribution in [2.24, 2.45) is 0 Å². The minimum Gasteiger partial charge on any atom is -0.383 e. The van der Waals surface area contributed by atoms with Gasteiger partial charge in [0.25, 0.3) is 0 Å². The topological polar surface area (TPSA) is 25.4 Å². The number of nitrogens with zero attached hydrogens (tertiary/aromatic N) is 2. The second kappa shape index (κ2) is 5.32. The summed E-state index contributed by atoms with van der Waals surface area (Å²) in [6.45, 7) is 4.75. The van der Waals surface area contributed by atoms with E-state index >= 15 is 0 Å². The SMILES string of the molecule is COCCN(C)Cc1cnc(C)s1. The van der Waals surface area contributed by atoms with Gasteiger partial charge in [-0.3, -0.25) is 4.90 Å². The normalized spacial score (nSPS) is 11.1. The summed E-state index contributed by atoms with van der Waals surface area (Å²) in [7, 11) is 3.82. The molecule has 1 heterocycles. The van der Waals surface area contributed by atoms with Gasteiger partial charge in [-0.15, -0.1) is 11.3 Å². The molecule has 0 atom stereocenters. The van der Waals surface area contributed by atoms with Gasteiger partial charge in [-0.05, 0) is 14.0 Å². The lowest BCUT2D eigenvalue weighted by Crippen LogP contribution is -2.21.